The summed E-state index contributed by atoms with van der Waals surface area (Å²) in [4.78, 5) is 91.1. The zero-order valence-corrected chi connectivity index (χ0v) is 17.3. The van der Waals surface area contributed by atoms with Gasteiger partial charge in [0.1, 0.15) is 12.1 Å². The zero-order chi connectivity index (χ0) is 25.6. The number of carboxylic acids is 1. The van der Waals surface area contributed by atoms with Gasteiger partial charge in [0, 0.05) is 0 Å². The van der Waals surface area contributed by atoms with Crippen molar-refractivity contribution in [3.63, 3.8) is 0 Å². The van der Waals surface area contributed by atoms with Crippen molar-refractivity contribution < 1.29 is 43.5 Å². The Morgan fingerprint density at radius 1 is 0.636 bits per heavy atom. The maximum atomic E-state index is 12.0. The number of carbonyl (C=O) groups excluding carboxylic acids is 7. The topological polar surface area (TPSA) is 295 Å². The molecule has 0 aromatic rings. The highest BCUT2D eigenvalue weighted by Gasteiger charge is 2.23. The van der Waals surface area contributed by atoms with Gasteiger partial charge in [0.2, 0.25) is 41.4 Å². The third-order valence-electron chi connectivity index (χ3n) is 3.60. The lowest BCUT2D eigenvalue weighted by Crippen LogP contribution is -2.52. The second kappa shape index (κ2) is 14.7. The summed E-state index contributed by atoms with van der Waals surface area (Å²) in [6.45, 7) is -2.31. The molecule has 17 nitrogen and oxygen atoms in total. The maximum absolute atomic E-state index is 12.0. The van der Waals surface area contributed by atoms with Crippen LogP contribution in [0.25, 0.3) is 0 Å². The summed E-state index contributed by atoms with van der Waals surface area (Å²) in [6.07, 6.45) is -1.18. The number of nitrogens with two attached hydrogens (primary N) is 3. The quantitative estimate of drug-likeness (QED) is 0.108. The first kappa shape index (κ1) is 28.7. The van der Waals surface area contributed by atoms with Crippen molar-refractivity contribution in [3.05, 3.63) is 0 Å². The van der Waals surface area contributed by atoms with E-state index in [2.05, 4.69) is 21.3 Å². The van der Waals surface area contributed by atoms with Gasteiger partial charge in [0.25, 0.3) is 0 Å². The summed E-state index contributed by atoms with van der Waals surface area (Å²) in [5, 5.41) is 19.4. The molecule has 0 aromatic heterocycles. The predicted molar refractivity (Wildman–Crippen MR) is 107 cm³/mol. The molecule has 0 aromatic carbocycles. The Kier molecular flexibility index (Phi) is 12.8. The Morgan fingerprint density at radius 3 is 1.52 bits per heavy atom. The van der Waals surface area contributed by atoms with Crippen LogP contribution in [0.4, 0.5) is 0 Å². The highest BCUT2D eigenvalue weighted by Crippen LogP contribution is 1.92. The van der Waals surface area contributed by atoms with Crippen molar-refractivity contribution >= 4 is 47.3 Å². The van der Waals surface area contributed by atoms with Gasteiger partial charge in [0.05, 0.1) is 39.0 Å². The van der Waals surface area contributed by atoms with Crippen molar-refractivity contribution in [2.75, 3.05) is 26.2 Å². The van der Waals surface area contributed by atoms with E-state index in [0.717, 1.165) is 0 Å². The number of aliphatic carboxylic acids is 1. The van der Waals surface area contributed by atoms with Crippen LogP contribution in [0.5, 0.6) is 0 Å². The molecule has 0 fully saturated rings. The summed E-state index contributed by atoms with van der Waals surface area (Å²) in [6, 6.07) is -2.92. The third-order valence-corrected chi connectivity index (χ3v) is 3.60. The Balaban J connectivity index is 4.40. The number of amides is 7. The van der Waals surface area contributed by atoms with Crippen molar-refractivity contribution in [1.82, 2.24) is 26.6 Å². The van der Waals surface area contributed by atoms with Crippen LogP contribution >= 0.6 is 0 Å². The van der Waals surface area contributed by atoms with Crippen LogP contribution in [-0.4, -0.2) is 90.7 Å². The van der Waals surface area contributed by atoms with E-state index in [0.29, 0.717) is 0 Å². The van der Waals surface area contributed by atoms with E-state index in [1.165, 1.54) is 0 Å². The normalized spacial score (nSPS) is 11.8. The minimum atomic E-state index is -1.57. The van der Waals surface area contributed by atoms with E-state index >= 15 is 0 Å². The van der Waals surface area contributed by atoms with Crippen molar-refractivity contribution in [2.24, 2.45) is 17.2 Å². The van der Waals surface area contributed by atoms with E-state index in [1.807, 2.05) is 5.32 Å². The summed E-state index contributed by atoms with van der Waals surface area (Å²) in [5.74, 6) is -7.53. The SMILES string of the molecule is NCC(=O)N[C@@H](CC(N)=O)C(=O)NCC(=O)NCC(=O)NCC(=O)N[C@@H](CC(N)=O)C(=O)O. The molecule has 0 aliphatic rings. The average molecular weight is 474 g/mol. The van der Waals surface area contributed by atoms with Crippen LogP contribution < -0.4 is 43.8 Å². The molecule has 0 saturated carbocycles. The van der Waals surface area contributed by atoms with Gasteiger partial charge < -0.3 is 48.9 Å². The van der Waals surface area contributed by atoms with E-state index in [4.69, 9.17) is 22.3 Å². The Bertz CT molecular complexity index is 801. The second-order valence-electron chi connectivity index (χ2n) is 6.39. The molecule has 0 saturated heterocycles. The van der Waals surface area contributed by atoms with Crippen LogP contribution in [0.15, 0.2) is 0 Å². The number of nitrogens with one attached hydrogen (secondary N) is 5. The molecule has 0 aliphatic heterocycles. The lowest BCUT2D eigenvalue weighted by molar-refractivity contribution is -0.143. The van der Waals surface area contributed by atoms with Crippen LogP contribution in [0.3, 0.4) is 0 Å². The molecule has 0 aliphatic carbocycles. The third kappa shape index (κ3) is 13.6. The van der Waals surface area contributed by atoms with E-state index in [-0.39, 0.29) is 0 Å². The lowest BCUT2D eigenvalue weighted by Gasteiger charge is -2.16. The number of hydrogen-bond acceptors (Lipinski definition) is 9. The first-order chi connectivity index (χ1) is 15.3. The first-order valence-corrected chi connectivity index (χ1v) is 9.25. The van der Waals surface area contributed by atoms with Crippen LogP contribution in [-0.2, 0) is 38.4 Å². The molecule has 2 atom stereocenters. The van der Waals surface area contributed by atoms with Gasteiger partial charge in [-0.05, 0) is 0 Å². The van der Waals surface area contributed by atoms with E-state index < -0.39 is 98.4 Å². The molecular weight excluding hydrogens is 448 g/mol. The molecule has 7 amide bonds. The van der Waals surface area contributed by atoms with Crippen LogP contribution in [0.2, 0.25) is 0 Å². The predicted octanol–water partition coefficient (Wildman–Crippen LogP) is -6.90. The average Bonchev–Trinajstić information content (AvgIpc) is 2.72. The van der Waals surface area contributed by atoms with Gasteiger partial charge in [-0.1, -0.05) is 0 Å². The highest BCUT2D eigenvalue weighted by atomic mass is 16.4. The molecule has 0 radical (unpaired) electrons. The summed E-state index contributed by atoms with van der Waals surface area (Å²) >= 11 is 0. The highest BCUT2D eigenvalue weighted by molar-refractivity contribution is 5.95. The fourth-order valence-corrected chi connectivity index (χ4v) is 2.08. The Labute approximate surface area is 186 Å². The smallest absolute Gasteiger partial charge is 0.326 e. The molecule has 12 N–H and O–H groups in total. The van der Waals surface area contributed by atoms with Crippen LogP contribution in [0, 0.1) is 0 Å². The maximum Gasteiger partial charge on any atom is 0.326 e. The molecular formula is C16H26N8O9. The monoisotopic (exact) mass is 474 g/mol. The summed E-state index contributed by atoms with van der Waals surface area (Å²) < 4.78 is 0. The van der Waals surface area contributed by atoms with Gasteiger partial charge in [0.15, 0.2) is 0 Å². The van der Waals surface area contributed by atoms with Crippen molar-refractivity contribution in [2.45, 2.75) is 24.9 Å². The largest absolute Gasteiger partial charge is 0.480 e. The van der Waals surface area contributed by atoms with Gasteiger partial charge in [-0.2, -0.15) is 0 Å². The van der Waals surface area contributed by atoms with Gasteiger partial charge >= 0.3 is 5.97 Å². The van der Waals surface area contributed by atoms with Crippen molar-refractivity contribution in [3.8, 4) is 0 Å². The second-order valence-corrected chi connectivity index (χ2v) is 6.39. The number of carbonyl (C=O) groups is 8. The standard InChI is InChI=1S/C16H26N8O9/c17-3-11(27)23-7(1-9(18)25)15(31)22-5-13(29)20-4-12(28)21-6-14(30)24-8(16(32)33)2-10(19)26/h7-8H,1-6,17H2,(H2,18,25)(H2,19,26)(H,20,29)(H,21,28)(H,22,31)(H,23,27)(H,24,30)(H,32,33)/t7-,8-/m0/s1. The molecule has 0 unspecified atom stereocenters. The number of carboxylic acid groups (broad SMARTS) is 1. The minimum absolute atomic E-state index is 0.446. The lowest BCUT2D eigenvalue weighted by atomic mass is 10.2. The number of primary amides is 2. The Hall–Kier alpha value is -4.28. The minimum Gasteiger partial charge on any atom is -0.480 e. The molecule has 17 heteroatoms. The molecule has 0 bridgehead atoms. The molecule has 0 heterocycles. The van der Waals surface area contributed by atoms with Crippen LogP contribution in [0.1, 0.15) is 12.8 Å². The Morgan fingerprint density at radius 2 is 1.06 bits per heavy atom. The van der Waals surface area contributed by atoms with Gasteiger partial charge in [-0.15, -0.1) is 0 Å². The number of rotatable bonds is 15. The first-order valence-electron chi connectivity index (χ1n) is 9.25. The number of hydrogen-bond donors (Lipinski definition) is 9. The van der Waals surface area contributed by atoms with E-state index in [1.54, 1.807) is 0 Å². The van der Waals surface area contributed by atoms with E-state index in [9.17, 15) is 38.4 Å². The summed E-state index contributed by atoms with van der Waals surface area (Å²) in [7, 11) is 0. The zero-order valence-electron chi connectivity index (χ0n) is 17.3. The molecule has 33 heavy (non-hydrogen) atoms. The molecule has 0 spiro atoms. The van der Waals surface area contributed by atoms with Gasteiger partial charge in [-0.3, -0.25) is 33.6 Å². The van der Waals surface area contributed by atoms with Gasteiger partial charge in [-0.25, -0.2) is 4.79 Å². The summed E-state index contributed by atoms with van der Waals surface area (Å²) in [5.41, 5.74) is 15.0. The molecule has 184 valence electrons. The van der Waals surface area contributed by atoms with Crippen molar-refractivity contribution in [1.29, 1.82) is 0 Å². The fraction of sp³-hybridized carbons (Fsp3) is 0.500. The molecule has 0 rings (SSSR count). The fourth-order valence-electron chi connectivity index (χ4n) is 2.08.